The molecular weight excluding hydrogens is 298 g/mol. The standard InChI is InChI=1S/C17H25NO5/c1-22-15-7-6-12(10-16(15)23-9-8-19)17(21)18-14-5-3-2-4-13(14)11-20/h6-7,10,13-14,19-20H,2-5,8-9,11H2,1H3,(H,18,21)/t13-,14+/m0/s1. The summed E-state index contributed by atoms with van der Waals surface area (Å²) in [5.41, 5.74) is 0.473. The second-order valence-electron chi connectivity index (χ2n) is 5.74. The quantitative estimate of drug-likeness (QED) is 0.705. The Hall–Kier alpha value is -1.79. The number of methoxy groups -OCH3 is 1. The maximum absolute atomic E-state index is 12.5. The molecule has 2 atom stereocenters. The molecule has 3 N–H and O–H groups in total. The van der Waals surface area contributed by atoms with Crippen LogP contribution in [0.2, 0.25) is 0 Å². The van der Waals surface area contributed by atoms with Gasteiger partial charge in [0.15, 0.2) is 11.5 Å². The number of hydrogen-bond acceptors (Lipinski definition) is 5. The molecule has 2 rings (SSSR count). The molecule has 6 heteroatoms. The molecule has 1 saturated carbocycles. The molecule has 128 valence electrons. The number of ether oxygens (including phenoxy) is 2. The smallest absolute Gasteiger partial charge is 0.251 e. The van der Waals surface area contributed by atoms with Gasteiger partial charge < -0.3 is 25.0 Å². The second-order valence-corrected chi connectivity index (χ2v) is 5.74. The minimum atomic E-state index is -0.188. The Bertz CT molecular complexity index is 520. The molecule has 0 heterocycles. The van der Waals surface area contributed by atoms with Gasteiger partial charge >= 0.3 is 0 Å². The molecule has 1 aliphatic rings. The van der Waals surface area contributed by atoms with Crippen molar-refractivity contribution >= 4 is 5.91 Å². The Morgan fingerprint density at radius 3 is 2.74 bits per heavy atom. The maximum atomic E-state index is 12.5. The Balaban J connectivity index is 2.08. The monoisotopic (exact) mass is 323 g/mol. The van der Waals surface area contributed by atoms with Gasteiger partial charge in [0.05, 0.1) is 13.7 Å². The van der Waals surface area contributed by atoms with E-state index in [9.17, 15) is 9.90 Å². The summed E-state index contributed by atoms with van der Waals surface area (Å²) in [6, 6.07) is 4.97. The number of rotatable bonds is 7. The highest BCUT2D eigenvalue weighted by atomic mass is 16.5. The van der Waals surface area contributed by atoms with Crippen LogP contribution in [0.1, 0.15) is 36.0 Å². The minimum absolute atomic E-state index is 0.00478. The highest BCUT2D eigenvalue weighted by molar-refractivity contribution is 5.95. The Labute approximate surface area is 136 Å². The fraction of sp³-hybridized carbons (Fsp3) is 0.588. The lowest BCUT2D eigenvalue weighted by Gasteiger charge is -2.30. The molecule has 0 radical (unpaired) electrons. The zero-order valence-electron chi connectivity index (χ0n) is 13.5. The van der Waals surface area contributed by atoms with E-state index in [0.29, 0.717) is 17.1 Å². The highest BCUT2D eigenvalue weighted by Crippen LogP contribution is 2.29. The first kappa shape index (κ1) is 17.6. The average Bonchev–Trinajstić information content (AvgIpc) is 2.60. The zero-order valence-corrected chi connectivity index (χ0v) is 13.5. The number of nitrogens with one attached hydrogen (secondary N) is 1. The molecule has 1 aromatic carbocycles. The van der Waals surface area contributed by atoms with Crippen molar-refractivity contribution in [3.63, 3.8) is 0 Å². The SMILES string of the molecule is COc1ccc(C(=O)N[C@@H]2CCCC[C@H]2CO)cc1OCCO. The number of carbonyl (C=O) groups is 1. The van der Waals surface area contributed by atoms with E-state index in [-0.39, 0.29) is 37.7 Å². The summed E-state index contributed by atoms with van der Waals surface area (Å²) >= 11 is 0. The molecule has 0 unspecified atom stereocenters. The first-order valence-electron chi connectivity index (χ1n) is 8.03. The third kappa shape index (κ3) is 4.59. The lowest BCUT2D eigenvalue weighted by molar-refractivity contribution is 0.0872. The van der Waals surface area contributed by atoms with E-state index >= 15 is 0 Å². The predicted molar refractivity (Wildman–Crippen MR) is 85.9 cm³/mol. The number of benzene rings is 1. The normalized spacial score (nSPS) is 20.8. The average molecular weight is 323 g/mol. The fourth-order valence-electron chi connectivity index (χ4n) is 2.95. The number of aliphatic hydroxyl groups is 2. The van der Waals surface area contributed by atoms with Gasteiger partial charge in [-0.2, -0.15) is 0 Å². The Kier molecular flexibility index (Phi) is 6.67. The van der Waals surface area contributed by atoms with Crippen LogP contribution in [0.15, 0.2) is 18.2 Å². The van der Waals surface area contributed by atoms with E-state index in [4.69, 9.17) is 14.6 Å². The first-order chi connectivity index (χ1) is 11.2. The Morgan fingerprint density at radius 2 is 2.04 bits per heavy atom. The van der Waals surface area contributed by atoms with E-state index < -0.39 is 0 Å². The van der Waals surface area contributed by atoms with E-state index in [0.717, 1.165) is 25.7 Å². The molecule has 1 fully saturated rings. The lowest BCUT2D eigenvalue weighted by Crippen LogP contribution is -2.43. The zero-order chi connectivity index (χ0) is 16.7. The van der Waals surface area contributed by atoms with Gasteiger partial charge in [-0.15, -0.1) is 0 Å². The molecule has 1 aromatic rings. The summed E-state index contributed by atoms with van der Waals surface area (Å²) < 4.78 is 10.6. The van der Waals surface area contributed by atoms with Gasteiger partial charge in [-0.1, -0.05) is 12.8 Å². The predicted octanol–water partition coefficient (Wildman–Crippen LogP) is 1.35. The lowest BCUT2D eigenvalue weighted by atomic mass is 9.85. The summed E-state index contributed by atoms with van der Waals surface area (Å²) in [7, 11) is 1.52. The van der Waals surface area contributed by atoms with E-state index in [1.807, 2.05) is 0 Å². The highest BCUT2D eigenvalue weighted by Gasteiger charge is 2.26. The Morgan fingerprint density at radius 1 is 1.26 bits per heavy atom. The fourth-order valence-corrected chi connectivity index (χ4v) is 2.95. The third-order valence-corrected chi connectivity index (χ3v) is 4.23. The summed E-state index contributed by atoms with van der Waals surface area (Å²) in [6.07, 6.45) is 3.99. The van der Waals surface area contributed by atoms with E-state index in [1.54, 1.807) is 18.2 Å². The minimum Gasteiger partial charge on any atom is -0.493 e. The van der Waals surface area contributed by atoms with Gasteiger partial charge in [0, 0.05) is 24.1 Å². The van der Waals surface area contributed by atoms with Crippen LogP contribution in [-0.2, 0) is 0 Å². The number of aliphatic hydroxyl groups excluding tert-OH is 2. The van der Waals surface area contributed by atoms with Crippen LogP contribution in [0.3, 0.4) is 0 Å². The summed E-state index contributed by atoms with van der Waals surface area (Å²) in [6.45, 7) is 0.120. The second kappa shape index (κ2) is 8.74. The van der Waals surface area contributed by atoms with Crippen molar-refractivity contribution in [1.82, 2.24) is 5.32 Å². The molecule has 0 bridgehead atoms. The molecule has 0 spiro atoms. The summed E-state index contributed by atoms with van der Waals surface area (Å²) in [5, 5.41) is 21.3. The van der Waals surface area contributed by atoms with Crippen LogP contribution in [0.4, 0.5) is 0 Å². The van der Waals surface area contributed by atoms with Crippen LogP contribution < -0.4 is 14.8 Å². The van der Waals surface area contributed by atoms with Gasteiger partial charge in [0.1, 0.15) is 6.61 Å². The number of hydrogen-bond donors (Lipinski definition) is 3. The molecule has 1 amide bonds. The van der Waals surface area contributed by atoms with Crippen LogP contribution in [0, 0.1) is 5.92 Å². The largest absolute Gasteiger partial charge is 0.493 e. The molecule has 6 nitrogen and oxygen atoms in total. The molecule has 0 aromatic heterocycles. The summed E-state index contributed by atoms with van der Waals surface area (Å²) in [4.78, 5) is 12.5. The molecule has 0 saturated heterocycles. The number of amides is 1. The van der Waals surface area contributed by atoms with Crippen molar-refractivity contribution in [3.05, 3.63) is 23.8 Å². The van der Waals surface area contributed by atoms with E-state index in [1.165, 1.54) is 7.11 Å². The maximum Gasteiger partial charge on any atom is 0.251 e. The molecular formula is C17H25NO5. The molecule has 0 aliphatic heterocycles. The van der Waals surface area contributed by atoms with Crippen LogP contribution in [0.5, 0.6) is 11.5 Å². The van der Waals surface area contributed by atoms with Crippen LogP contribution in [-0.4, -0.2) is 49.1 Å². The number of carbonyl (C=O) groups excluding carboxylic acids is 1. The van der Waals surface area contributed by atoms with Gasteiger partial charge in [0.25, 0.3) is 5.91 Å². The molecule has 23 heavy (non-hydrogen) atoms. The van der Waals surface area contributed by atoms with Gasteiger partial charge in [-0.25, -0.2) is 0 Å². The van der Waals surface area contributed by atoms with Gasteiger partial charge in [-0.3, -0.25) is 4.79 Å². The third-order valence-electron chi connectivity index (χ3n) is 4.23. The molecule has 1 aliphatic carbocycles. The van der Waals surface area contributed by atoms with Crippen molar-refractivity contribution in [1.29, 1.82) is 0 Å². The van der Waals surface area contributed by atoms with E-state index in [2.05, 4.69) is 5.32 Å². The van der Waals surface area contributed by atoms with Crippen molar-refractivity contribution < 1.29 is 24.5 Å². The topological polar surface area (TPSA) is 88.0 Å². The van der Waals surface area contributed by atoms with Crippen molar-refractivity contribution in [2.45, 2.75) is 31.7 Å². The van der Waals surface area contributed by atoms with Crippen LogP contribution >= 0.6 is 0 Å². The summed E-state index contributed by atoms with van der Waals surface area (Å²) in [5.74, 6) is 0.875. The van der Waals surface area contributed by atoms with Crippen molar-refractivity contribution in [2.75, 3.05) is 26.9 Å². The first-order valence-corrected chi connectivity index (χ1v) is 8.03. The van der Waals surface area contributed by atoms with Crippen molar-refractivity contribution in [2.24, 2.45) is 5.92 Å². The van der Waals surface area contributed by atoms with Gasteiger partial charge in [-0.05, 0) is 31.0 Å². The van der Waals surface area contributed by atoms with Crippen LogP contribution in [0.25, 0.3) is 0 Å². The van der Waals surface area contributed by atoms with Gasteiger partial charge in [0.2, 0.25) is 0 Å². The van der Waals surface area contributed by atoms with Crippen molar-refractivity contribution in [3.8, 4) is 11.5 Å².